The van der Waals surface area contributed by atoms with Crippen LogP contribution >= 0.6 is 15.9 Å². The van der Waals surface area contributed by atoms with E-state index in [9.17, 15) is 8.78 Å². The lowest BCUT2D eigenvalue weighted by Gasteiger charge is -2.10. The molecule has 0 saturated heterocycles. The van der Waals surface area contributed by atoms with E-state index in [2.05, 4.69) is 15.9 Å². The molecular weight excluding hydrogens is 240 g/mol. The predicted molar refractivity (Wildman–Crippen MR) is 51.6 cm³/mol. The first-order valence-electron chi connectivity index (χ1n) is 3.91. The molecular formula is C9H10BrF2N. The highest BCUT2D eigenvalue weighted by atomic mass is 79.9. The Kier molecular flexibility index (Phi) is 3.81. The van der Waals surface area contributed by atoms with E-state index in [4.69, 9.17) is 5.73 Å². The molecule has 2 N–H and O–H groups in total. The highest BCUT2D eigenvalue weighted by molar-refractivity contribution is 9.10. The Labute approximate surface area is 84.1 Å². The third-order valence-corrected chi connectivity index (χ3v) is 2.27. The number of hydrogen-bond donors (Lipinski definition) is 1. The van der Waals surface area contributed by atoms with E-state index >= 15 is 0 Å². The van der Waals surface area contributed by atoms with Crippen molar-refractivity contribution in [1.29, 1.82) is 0 Å². The molecule has 0 heterocycles. The van der Waals surface area contributed by atoms with Crippen molar-refractivity contribution in [2.45, 2.75) is 12.5 Å². The maximum atomic E-state index is 13.1. The number of hydrogen-bond acceptors (Lipinski definition) is 1. The summed E-state index contributed by atoms with van der Waals surface area (Å²) in [6, 6.07) is 3.91. The number of benzene rings is 1. The molecule has 0 fully saturated rings. The van der Waals surface area contributed by atoms with Gasteiger partial charge in [0.15, 0.2) is 0 Å². The first kappa shape index (κ1) is 10.6. The minimum Gasteiger partial charge on any atom is -0.324 e. The van der Waals surface area contributed by atoms with E-state index in [1.165, 1.54) is 6.07 Å². The summed E-state index contributed by atoms with van der Waals surface area (Å²) in [6.45, 7) is -0.535. The van der Waals surface area contributed by atoms with E-state index in [0.29, 0.717) is 5.56 Å². The molecule has 0 aliphatic rings. The topological polar surface area (TPSA) is 26.0 Å². The molecule has 13 heavy (non-hydrogen) atoms. The summed E-state index contributed by atoms with van der Waals surface area (Å²) < 4.78 is 25.8. The third kappa shape index (κ3) is 2.74. The van der Waals surface area contributed by atoms with Gasteiger partial charge in [-0.05, 0) is 24.6 Å². The Hall–Kier alpha value is -0.480. The maximum Gasteiger partial charge on any atom is 0.128 e. The second-order valence-corrected chi connectivity index (χ2v) is 3.67. The lowest BCUT2D eigenvalue weighted by molar-refractivity contribution is 0.435. The Morgan fingerprint density at radius 3 is 2.77 bits per heavy atom. The fourth-order valence-electron chi connectivity index (χ4n) is 1.07. The standard InChI is InChI=1S/C9H10BrF2N/c10-6-1-2-8(12)7(5-6)9(13)3-4-11/h1-2,5,9H,3-4,13H2/t9-/m1/s1. The van der Waals surface area contributed by atoms with Gasteiger partial charge in [-0.15, -0.1) is 0 Å². The molecule has 0 unspecified atom stereocenters. The van der Waals surface area contributed by atoms with Gasteiger partial charge in [0.2, 0.25) is 0 Å². The van der Waals surface area contributed by atoms with Crippen LogP contribution in [0.25, 0.3) is 0 Å². The largest absolute Gasteiger partial charge is 0.324 e. The van der Waals surface area contributed by atoms with Gasteiger partial charge in [-0.3, -0.25) is 4.39 Å². The van der Waals surface area contributed by atoms with Crippen LogP contribution in [-0.2, 0) is 0 Å². The normalized spacial score (nSPS) is 12.9. The molecule has 0 aliphatic heterocycles. The highest BCUT2D eigenvalue weighted by Crippen LogP contribution is 2.22. The number of rotatable bonds is 3. The minimum atomic E-state index is -0.567. The first-order chi connectivity index (χ1) is 6.15. The Balaban J connectivity index is 2.91. The summed E-state index contributed by atoms with van der Waals surface area (Å²) in [5.41, 5.74) is 5.93. The smallest absolute Gasteiger partial charge is 0.128 e. The lowest BCUT2D eigenvalue weighted by Crippen LogP contribution is -2.12. The summed E-state index contributed by atoms with van der Waals surface area (Å²) in [7, 11) is 0. The van der Waals surface area contributed by atoms with Gasteiger partial charge in [-0.2, -0.15) is 0 Å². The van der Waals surface area contributed by atoms with Crippen LogP contribution in [0.1, 0.15) is 18.0 Å². The monoisotopic (exact) mass is 249 g/mol. The van der Waals surface area contributed by atoms with Gasteiger partial charge in [-0.25, -0.2) is 4.39 Å². The minimum absolute atomic E-state index is 0.146. The summed E-state index contributed by atoms with van der Waals surface area (Å²) in [6.07, 6.45) is 0.146. The maximum absolute atomic E-state index is 13.1. The van der Waals surface area contributed by atoms with Crippen molar-refractivity contribution >= 4 is 15.9 Å². The van der Waals surface area contributed by atoms with Crippen LogP contribution in [0.3, 0.4) is 0 Å². The number of halogens is 3. The van der Waals surface area contributed by atoms with Crippen molar-refractivity contribution in [3.63, 3.8) is 0 Å². The molecule has 0 aromatic heterocycles. The van der Waals surface area contributed by atoms with Crippen LogP contribution in [0.5, 0.6) is 0 Å². The van der Waals surface area contributed by atoms with E-state index < -0.39 is 12.7 Å². The molecule has 0 bridgehead atoms. The van der Waals surface area contributed by atoms with Crippen molar-refractivity contribution in [3.05, 3.63) is 34.1 Å². The van der Waals surface area contributed by atoms with Crippen molar-refractivity contribution in [2.75, 3.05) is 6.67 Å². The van der Waals surface area contributed by atoms with E-state index in [0.717, 1.165) is 4.47 Å². The molecule has 0 saturated carbocycles. The molecule has 4 heteroatoms. The molecule has 1 nitrogen and oxygen atoms in total. The summed E-state index contributed by atoms with van der Waals surface area (Å²) in [5, 5.41) is 0. The summed E-state index contributed by atoms with van der Waals surface area (Å²) >= 11 is 3.20. The van der Waals surface area contributed by atoms with Crippen LogP contribution < -0.4 is 5.73 Å². The second-order valence-electron chi connectivity index (χ2n) is 2.75. The van der Waals surface area contributed by atoms with E-state index in [1.807, 2.05) is 0 Å². The third-order valence-electron chi connectivity index (χ3n) is 1.78. The van der Waals surface area contributed by atoms with Gasteiger partial charge in [-0.1, -0.05) is 15.9 Å². The van der Waals surface area contributed by atoms with Gasteiger partial charge in [0.05, 0.1) is 6.67 Å². The Morgan fingerprint density at radius 1 is 1.46 bits per heavy atom. The molecule has 0 radical (unpaired) electrons. The van der Waals surface area contributed by atoms with Crippen LogP contribution in [0.4, 0.5) is 8.78 Å². The van der Waals surface area contributed by atoms with Gasteiger partial charge >= 0.3 is 0 Å². The summed E-state index contributed by atoms with van der Waals surface area (Å²) in [5.74, 6) is -0.385. The molecule has 0 amide bonds. The zero-order valence-corrected chi connectivity index (χ0v) is 8.52. The fourth-order valence-corrected chi connectivity index (χ4v) is 1.45. The number of nitrogens with two attached hydrogens (primary N) is 1. The predicted octanol–water partition coefficient (Wildman–Crippen LogP) is 2.95. The lowest BCUT2D eigenvalue weighted by atomic mass is 10.1. The second kappa shape index (κ2) is 4.67. The SMILES string of the molecule is N[C@H](CCF)c1cc(Br)ccc1F. The van der Waals surface area contributed by atoms with Gasteiger partial charge in [0.1, 0.15) is 5.82 Å². The zero-order chi connectivity index (χ0) is 9.84. The average Bonchev–Trinajstić information content (AvgIpc) is 2.09. The number of alkyl halides is 1. The van der Waals surface area contributed by atoms with Crippen LogP contribution in [0.15, 0.2) is 22.7 Å². The van der Waals surface area contributed by atoms with Crippen molar-refractivity contribution < 1.29 is 8.78 Å². The molecule has 0 spiro atoms. The van der Waals surface area contributed by atoms with E-state index in [1.54, 1.807) is 12.1 Å². The van der Waals surface area contributed by atoms with Gasteiger partial charge < -0.3 is 5.73 Å². The average molecular weight is 250 g/mol. The van der Waals surface area contributed by atoms with Crippen LogP contribution in [0, 0.1) is 5.82 Å². The van der Waals surface area contributed by atoms with Crippen molar-refractivity contribution in [2.24, 2.45) is 5.73 Å². The fraction of sp³-hybridized carbons (Fsp3) is 0.333. The molecule has 72 valence electrons. The molecule has 1 rings (SSSR count). The zero-order valence-electron chi connectivity index (χ0n) is 6.93. The first-order valence-corrected chi connectivity index (χ1v) is 4.71. The highest BCUT2D eigenvalue weighted by Gasteiger charge is 2.11. The Morgan fingerprint density at radius 2 is 2.15 bits per heavy atom. The quantitative estimate of drug-likeness (QED) is 0.876. The van der Waals surface area contributed by atoms with Gasteiger partial charge in [0.25, 0.3) is 0 Å². The van der Waals surface area contributed by atoms with Crippen molar-refractivity contribution in [3.8, 4) is 0 Å². The van der Waals surface area contributed by atoms with Crippen molar-refractivity contribution in [1.82, 2.24) is 0 Å². The van der Waals surface area contributed by atoms with Crippen LogP contribution in [0.2, 0.25) is 0 Å². The molecule has 0 aliphatic carbocycles. The van der Waals surface area contributed by atoms with E-state index in [-0.39, 0.29) is 12.2 Å². The Bertz CT molecular complexity index is 291. The molecule has 1 aromatic rings. The van der Waals surface area contributed by atoms with Gasteiger partial charge in [0, 0.05) is 16.1 Å². The summed E-state index contributed by atoms with van der Waals surface area (Å²) in [4.78, 5) is 0. The molecule has 1 atom stereocenters. The van der Waals surface area contributed by atoms with Crippen LogP contribution in [-0.4, -0.2) is 6.67 Å². The molecule has 1 aromatic carbocycles.